The lowest BCUT2D eigenvalue weighted by molar-refractivity contribution is -0.384. The van der Waals surface area contributed by atoms with Crippen LogP contribution in [0.5, 0.6) is 0 Å². The molecule has 140 valence electrons. The molecule has 0 unspecified atom stereocenters. The van der Waals surface area contributed by atoms with Gasteiger partial charge in [0.25, 0.3) is 5.69 Å². The van der Waals surface area contributed by atoms with Crippen LogP contribution in [0.4, 0.5) is 16.2 Å². The Morgan fingerprint density at radius 2 is 1.81 bits per heavy atom. The van der Waals surface area contributed by atoms with E-state index in [4.69, 9.17) is 4.74 Å². The maximum Gasteiger partial charge on any atom is 0.409 e. The Morgan fingerprint density at radius 1 is 1.19 bits per heavy atom. The van der Waals surface area contributed by atoms with Crippen molar-refractivity contribution in [2.24, 2.45) is 0 Å². The van der Waals surface area contributed by atoms with Crippen molar-refractivity contribution in [2.75, 3.05) is 25.0 Å². The van der Waals surface area contributed by atoms with E-state index in [0.29, 0.717) is 32.5 Å². The number of anilines is 1. The lowest BCUT2D eigenvalue weighted by atomic mass is 10.1. The number of hydrogen-bond donors (Lipinski definition) is 2. The van der Waals surface area contributed by atoms with Gasteiger partial charge in [-0.3, -0.25) is 19.7 Å². The smallest absolute Gasteiger partial charge is 0.409 e. The first kappa shape index (κ1) is 19.2. The highest BCUT2D eigenvalue weighted by atomic mass is 16.6. The predicted molar refractivity (Wildman–Crippen MR) is 91.5 cm³/mol. The summed E-state index contributed by atoms with van der Waals surface area (Å²) in [5, 5.41) is 15.6. The van der Waals surface area contributed by atoms with Gasteiger partial charge in [-0.2, -0.15) is 0 Å². The van der Waals surface area contributed by atoms with Crippen LogP contribution >= 0.6 is 0 Å². The number of carbonyl (C=O) groups excluding carboxylic acids is 3. The summed E-state index contributed by atoms with van der Waals surface area (Å²) in [7, 11) is 0. The molecule has 10 nitrogen and oxygen atoms in total. The van der Waals surface area contributed by atoms with Crippen LogP contribution in [0.25, 0.3) is 0 Å². The highest BCUT2D eigenvalue weighted by Crippen LogP contribution is 2.15. The molecule has 1 aliphatic heterocycles. The molecule has 1 saturated heterocycles. The number of nitro benzene ring substituents is 1. The number of likely N-dealkylation sites (tertiary alicyclic amines) is 1. The third-order valence-corrected chi connectivity index (χ3v) is 3.90. The summed E-state index contributed by atoms with van der Waals surface area (Å²) in [6.45, 7) is 2.91. The van der Waals surface area contributed by atoms with Gasteiger partial charge in [-0.25, -0.2) is 4.79 Å². The number of nitrogens with zero attached hydrogens (tertiary/aromatic N) is 2. The fourth-order valence-electron chi connectivity index (χ4n) is 2.53. The van der Waals surface area contributed by atoms with Gasteiger partial charge in [0.2, 0.25) is 0 Å². The zero-order valence-electron chi connectivity index (χ0n) is 14.3. The fourth-order valence-corrected chi connectivity index (χ4v) is 2.53. The molecule has 0 bridgehead atoms. The highest BCUT2D eigenvalue weighted by molar-refractivity contribution is 6.39. The molecule has 0 aromatic heterocycles. The Bertz CT molecular complexity index is 682. The van der Waals surface area contributed by atoms with E-state index in [1.165, 1.54) is 24.3 Å². The van der Waals surface area contributed by atoms with Crippen molar-refractivity contribution in [3.63, 3.8) is 0 Å². The van der Waals surface area contributed by atoms with E-state index >= 15 is 0 Å². The second kappa shape index (κ2) is 8.79. The molecule has 1 fully saturated rings. The van der Waals surface area contributed by atoms with Gasteiger partial charge >= 0.3 is 17.9 Å². The number of nitrogens with one attached hydrogen (secondary N) is 2. The molecule has 1 aromatic rings. The zero-order chi connectivity index (χ0) is 19.1. The molecule has 0 atom stereocenters. The highest BCUT2D eigenvalue weighted by Gasteiger charge is 2.26. The maximum absolute atomic E-state index is 12.0. The minimum Gasteiger partial charge on any atom is -0.450 e. The number of piperidine rings is 1. The predicted octanol–water partition coefficient (Wildman–Crippen LogP) is 1.27. The van der Waals surface area contributed by atoms with Crippen molar-refractivity contribution in [3.8, 4) is 0 Å². The molecule has 1 aliphatic rings. The minimum atomic E-state index is -0.855. The zero-order valence-corrected chi connectivity index (χ0v) is 14.3. The largest absolute Gasteiger partial charge is 0.450 e. The van der Waals surface area contributed by atoms with Crippen LogP contribution in [-0.2, 0) is 14.3 Å². The van der Waals surface area contributed by atoms with Gasteiger partial charge in [0, 0.05) is 37.0 Å². The number of rotatable bonds is 4. The van der Waals surface area contributed by atoms with Crippen molar-refractivity contribution in [3.05, 3.63) is 34.4 Å². The van der Waals surface area contributed by atoms with Gasteiger partial charge in [-0.1, -0.05) is 0 Å². The number of benzene rings is 1. The summed E-state index contributed by atoms with van der Waals surface area (Å²) >= 11 is 0. The lowest BCUT2D eigenvalue weighted by Crippen LogP contribution is -2.49. The molecule has 0 aliphatic carbocycles. The Hall–Kier alpha value is -3.17. The third kappa shape index (κ3) is 5.16. The molecular formula is C16H20N4O6. The van der Waals surface area contributed by atoms with E-state index in [2.05, 4.69) is 10.6 Å². The summed E-state index contributed by atoms with van der Waals surface area (Å²) in [6.07, 6.45) is 0.665. The summed E-state index contributed by atoms with van der Waals surface area (Å²) in [5.41, 5.74) is 0.175. The van der Waals surface area contributed by atoms with Crippen LogP contribution in [0.3, 0.4) is 0 Å². The van der Waals surface area contributed by atoms with Crippen LogP contribution in [0.2, 0.25) is 0 Å². The van der Waals surface area contributed by atoms with Crippen LogP contribution < -0.4 is 10.6 Å². The monoisotopic (exact) mass is 364 g/mol. The third-order valence-electron chi connectivity index (χ3n) is 3.90. The summed E-state index contributed by atoms with van der Waals surface area (Å²) < 4.78 is 4.92. The molecule has 2 N–H and O–H groups in total. The first-order chi connectivity index (χ1) is 12.4. The van der Waals surface area contributed by atoms with Gasteiger partial charge in [0.15, 0.2) is 0 Å². The average molecular weight is 364 g/mol. The van der Waals surface area contributed by atoms with Gasteiger partial charge in [0.1, 0.15) is 0 Å². The van der Waals surface area contributed by atoms with Crippen LogP contribution in [0, 0.1) is 10.1 Å². The first-order valence-electron chi connectivity index (χ1n) is 8.18. The van der Waals surface area contributed by atoms with E-state index in [9.17, 15) is 24.5 Å². The molecule has 0 saturated carbocycles. The first-order valence-corrected chi connectivity index (χ1v) is 8.18. The molecule has 2 rings (SSSR count). The van der Waals surface area contributed by atoms with Crippen LogP contribution in [0.15, 0.2) is 24.3 Å². The van der Waals surface area contributed by atoms with Gasteiger partial charge in [0.05, 0.1) is 11.5 Å². The Balaban J connectivity index is 1.80. The lowest BCUT2D eigenvalue weighted by Gasteiger charge is -2.31. The molecule has 1 heterocycles. The average Bonchev–Trinajstić information content (AvgIpc) is 2.63. The van der Waals surface area contributed by atoms with Crippen molar-refractivity contribution >= 4 is 29.3 Å². The van der Waals surface area contributed by atoms with Crippen LogP contribution in [-0.4, -0.2) is 53.5 Å². The van der Waals surface area contributed by atoms with Gasteiger partial charge in [-0.15, -0.1) is 0 Å². The second-order valence-electron chi connectivity index (χ2n) is 5.69. The number of non-ortho nitro benzene ring substituents is 1. The number of carbonyl (C=O) groups is 3. The molecule has 10 heteroatoms. The standard InChI is InChI=1S/C16H20N4O6/c1-2-26-16(23)19-9-7-12(8-10-19)18-15(22)14(21)17-11-3-5-13(6-4-11)20(24)25/h3-6,12H,2,7-10H2,1H3,(H,17,21)(H,18,22). The molecule has 0 spiro atoms. The molecular weight excluding hydrogens is 344 g/mol. The van der Waals surface area contributed by atoms with Crippen molar-refractivity contribution < 1.29 is 24.0 Å². The quantitative estimate of drug-likeness (QED) is 0.470. The number of nitro groups is 1. The van der Waals surface area contributed by atoms with Crippen LogP contribution in [0.1, 0.15) is 19.8 Å². The normalized spacial score (nSPS) is 14.4. The summed E-state index contributed by atoms with van der Waals surface area (Å²) in [4.78, 5) is 47.1. The summed E-state index contributed by atoms with van der Waals surface area (Å²) in [5.74, 6) is -1.65. The van der Waals surface area contributed by atoms with Gasteiger partial charge < -0.3 is 20.3 Å². The Labute approximate surface area is 149 Å². The van der Waals surface area contributed by atoms with Crippen molar-refractivity contribution in [1.29, 1.82) is 0 Å². The Morgan fingerprint density at radius 3 is 2.35 bits per heavy atom. The van der Waals surface area contributed by atoms with Crippen molar-refractivity contribution in [1.82, 2.24) is 10.2 Å². The second-order valence-corrected chi connectivity index (χ2v) is 5.69. The van der Waals surface area contributed by atoms with Crippen molar-refractivity contribution in [2.45, 2.75) is 25.8 Å². The SMILES string of the molecule is CCOC(=O)N1CCC(NC(=O)C(=O)Nc2ccc([N+](=O)[O-])cc2)CC1. The summed E-state index contributed by atoms with van der Waals surface area (Å²) in [6, 6.07) is 4.95. The van der Waals surface area contributed by atoms with E-state index < -0.39 is 16.7 Å². The van der Waals surface area contributed by atoms with E-state index in [1.807, 2.05) is 0 Å². The van der Waals surface area contributed by atoms with E-state index in [-0.39, 0.29) is 23.5 Å². The molecule has 26 heavy (non-hydrogen) atoms. The Kier molecular flexibility index (Phi) is 6.48. The maximum atomic E-state index is 12.0. The topological polar surface area (TPSA) is 131 Å². The fraction of sp³-hybridized carbons (Fsp3) is 0.438. The molecule has 3 amide bonds. The van der Waals surface area contributed by atoms with E-state index in [1.54, 1.807) is 11.8 Å². The van der Waals surface area contributed by atoms with E-state index in [0.717, 1.165) is 0 Å². The molecule has 0 radical (unpaired) electrons. The number of ether oxygens (including phenoxy) is 1. The number of amides is 3. The number of hydrogen-bond acceptors (Lipinski definition) is 6. The minimum absolute atomic E-state index is 0.110. The molecule has 1 aromatic carbocycles. The van der Waals surface area contributed by atoms with Gasteiger partial charge in [-0.05, 0) is 31.9 Å².